The highest BCUT2D eigenvalue weighted by atomic mass is 16.5. The summed E-state index contributed by atoms with van der Waals surface area (Å²) < 4.78 is 5.62. The number of anilines is 1. The first-order valence-corrected chi connectivity index (χ1v) is 6.33. The second-order valence-corrected chi connectivity index (χ2v) is 4.62. The number of ether oxygens (including phenoxy) is 1. The predicted molar refractivity (Wildman–Crippen MR) is 77.0 cm³/mol. The highest BCUT2D eigenvalue weighted by molar-refractivity contribution is 6.03. The Kier molecular flexibility index (Phi) is 4.73. The molecule has 2 aromatic rings. The highest BCUT2D eigenvalue weighted by Crippen LogP contribution is 2.18. The molecule has 106 valence electrons. The zero-order valence-corrected chi connectivity index (χ0v) is 11.6. The fourth-order valence-corrected chi connectivity index (χ4v) is 1.59. The molecule has 1 aromatic heterocycles. The van der Waals surface area contributed by atoms with E-state index in [4.69, 9.17) is 4.74 Å². The molecule has 20 heavy (non-hydrogen) atoms. The molecule has 0 spiro atoms. The minimum absolute atomic E-state index is 0.204. The SMILES string of the molecule is CN(C)CCOc1cccc(NC(=O)c2cn[nH]c2)c1. The molecule has 2 N–H and O–H groups in total. The molecule has 1 aromatic carbocycles. The third kappa shape index (κ3) is 4.10. The molecule has 0 radical (unpaired) electrons. The predicted octanol–water partition coefficient (Wildman–Crippen LogP) is 1.60. The number of amides is 1. The van der Waals surface area contributed by atoms with E-state index in [9.17, 15) is 4.79 Å². The first-order chi connectivity index (χ1) is 9.65. The van der Waals surface area contributed by atoms with E-state index in [1.54, 1.807) is 12.3 Å². The molecule has 0 atom stereocenters. The van der Waals surface area contributed by atoms with Gasteiger partial charge in [-0.05, 0) is 26.2 Å². The van der Waals surface area contributed by atoms with Crippen LogP contribution in [0.5, 0.6) is 5.75 Å². The fraction of sp³-hybridized carbons (Fsp3) is 0.286. The Morgan fingerprint density at radius 2 is 2.30 bits per heavy atom. The number of benzene rings is 1. The van der Waals surface area contributed by atoms with Crippen LogP contribution in [0.4, 0.5) is 5.69 Å². The van der Waals surface area contributed by atoms with Gasteiger partial charge in [0.25, 0.3) is 5.91 Å². The number of carbonyl (C=O) groups is 1. The molecule has 0 fully saturated rings. The van der Waals surface area contributed by atoms with Crippen molar-refractivity contribution in [3.05, 3.63) is 42.2 Å². The lowest BCUT2D eigenvalue weighted by Gasteiger charge is -2.12. The Morgan fingerprint density at radius 3 is 3.00 bits per heavy atom. The molecule has 1 heterocycles. The van der Waals surface area contributed by atoms with Gasteiger partial charge in [0.05, 0.1) is 11.8 Å². The third-order valence-corrected chi connectivity index (χ3v) is 2.66. The molecule has 0 saturated carbocycles. The smallest absolute Gasteiger partial charge is 0.258 e. The number of rotatable bonds is 6. The van der Waals surface area contributed by atoms with E-state index in [-0.39, 0.29) is 5.91 Å². The summed E-state index contributed by atoms with van der Waals surface area (Å²) in [5.74, 6) is 0.529. The maximum atomic E-state index is 11.9. The van der Waals surface area contributed by atoms with Crippen LogP contribution in [0.2, 0.25) is 0 Å². The van der Waals surface area contributed by atoms with E-state index < -0.39 is 0 Å². The van der Waals surface area contributed by atoms with Crippen LogP contribution in [0.1, 0.15) is 10.4 Å². The van der Waals surface area contributed by atoms with Gasteiger partial charge in [0, 0.05) is 24.5 Å². The number of hydrogen-bond donors (Lipinski definition) is 2. The molecular formula is C14H18N4O2. The van der Waals surface area contributed by atoms with E-state index in [0.717, 1.165) is 12.3 Å². The van der Waals surface area contributed by atoms with Crippen molar-refractivity contribution in [1.29, 1.82) is 0 Å². The van der Waals surface area contributed by atoms with E-state index in [1.165, 1.54) is 6.20 Å². The maximum absolute atomic E-state index is 11.9. The van der Waals surface area contributed by atoms with Crippen molar-refractivity contribution in [2.24, 2.45) is 0 Å². The standard InChI is InChI=1S/C14H18N4O2/c1-18(2)6-7-20-13-5-3-4-12(8-13)17-14(19)11-9-15-16-10-11/h3-5,8-10H,6-7H2,1-2H3,(H,15,16)(H,17,19). The average molecular weight is 274 g/mol. The Hall–Kier alpha value is -2.34. The molecule has 6 nitrogen and oxygen atoms in total. The first-order valence-electron chi connectivity index (χ1n) is 6.33. The number of carbonyl (C=O) groups excluding carboxylic acids is 1. The van der Waals surface area contributed by atoms with Gasteiger partial charge in [0.2, 0.25) is 0 Å². The van der Waals surface area contributed by atoms with Crippen LogP contribution in [0.15, 0.2) is 36.7 Å². The Labute approximate surface area is 117 Å². The molecule has 0 aliphatic heterocycles. The number of aromatic amines is 1. The Balaban J connectivity index is 1.94. The summed E-state index contributed by atoms with van der Waals surface area (Å²) in [5, 5.41) is 9.14. The minimum Gasteiger partial charge on any atom is -0.492 e. The number of likely N-dealkylation sites (N-methyl/N-ethyl adjacent to an activating group) is 1. The largest absolute Gasteiger partial charge is 0.492 e. The minimum atomic E-state index is -0.204. The summed E-state index contributed by atoms with van der Waals surface area (Å²) in [7, 11) is 3.98. The van der Waals surface area contributed by atoms with Crippen LogP contribution >= 0.6 is 0 Å². The summed E-state index contributed by atoms with van der Waals surface area (Å²) in [6, 6.07) is 7.32. The van der Waals surface area contributed by atoms with Gasteiger partial charge in [0.1, 0.15) is 12.4 Å². The normalized spacial score (nSPS) is 10.6. The fourth-order valence-electron chi connectivity index (χ4n) is 1.59. The van der Waals surface area contributed by atoms with Crippen LogP contribution in [-0.4, -0.2) is 48.3 Å². The average Bonchev–Trinajstić information content (AvgIpc) is 2.92. The van der Waals surface area contributed by atoms with E-state index in [1.807, 2.05) is 37.2 Å². The van der Waals surface area contributed by atoms with Gasteiger partial charge in [0.15, 0.2) is 0 Å². The van der Waals surface area contributed by atoms with E-state index in [0.29, 0.717) is 17.9 Å². The summed E-state index contributed by atoms with van der Waals surface area (Å²) in [5.41, 5.74) is 1.18. The van der Waals surface area contributed by atoms with Crippen LogP contribution < -0.4 is 10.1 Å². The molecule has 0 saturated heterocycles. The van der Waals surface area contributed by atoms with Crippen molar-refractivity contribution in [2.45, 2.75) is 0 Å². The van der Waals surface area contributed by atoms with Crippen LogP contribution in [0.25, 0.3) is 0 Å². The Bertz CT molecular complexity index is 552. The van der Waals surface area contributed by atoms with Crippen molar-refractivity contribution in [3.63, 3.8) is 0 Å². The van der Waals surface area contributed by atoms with E-state index >= 15 is 0 Å². The van der Waals surface area contributed by atoms with Crippen LogP contribution in [-0.2, 0) is 0 Å². The first kappa shape index (κ1) is 14.1. The quantitative estimate of drug-likeness (QED) is 0.839. The zero-order valence-electron chi connectivity index (χ0n) is 11.6. The molecular weight excluding hydrogens is 256 g/mol. The summed E-state index contributed by atoms with van der Waals surface area (Å²) in [6.45, 7) is 1.44. The monoisotopic (exact) mass is 274 g/mol. The molecule has 0 aliphatic carbocycles. The van der Waals surface area contributed by atoms with Gasteiger partial charge in [-0.2, -0.15) is 5.10 Å². The second kappa shape index (κ2) is 6.72. The zero-order chi connectivity index (χ0) is 14.4. The van der Waals surface area contributed by atoms with Crippen molar-refractivity contribution in [2.75, 3.05) is 32.6 Å². The van der Waals surface area contributed by atoms with Gasteiger partial charge in [-0.25, -0.2) is 0 Å². The molecule has 2 rings (SSSR count). The number of nitrogens with one attached hydrogen (secondary N) is 2. The summed E-state index contributed by atoms with van der Waals surface area (Å²) in [6.07, 6.45) is 3.03. The van der Waals surface area contributed by atoms with Gasteiger partial charge >= 0.3 is 0 Å². The topological polar surface area (TPSA) is 70.2 Å². The van der Waals surface area contributed by atoms with Crippen LogP contribution in [0.3, 0.4) is 0 Å². The number of nitrogens with zero attached hydrogens (tertiary/aromatic N) is 2. The van der Waals surface area contributed by atoms with E-state index in [2.05, 4.69) is 15.5 Å². The Morgan fingerprint density at radius 1 is 1.45 bits per heavy atom. The van der Waals surface area contributed by atoms with Gasteiger partial charge in [-0.3, -0.25) is 9.89 Å². The number of hydrogen-bond acceptors (Lipinski definition) is 4. The lowest BCUT2D eigenvalue weighted by Crippen LogP contribution is -2.19. The molecule has 0 aliphatic rings. The molecule has 1 amide bonds. The summed E-state index contributed by atoms with van der Waals surface area (Å²) >= 11 is 0. The van der Waals surface area contributed by atoms with Gasteiger partial charge < -0.3 is 15.0 Å². The number of H-pyrrole nitrogens is 1. The number of aromatic nitrogens is 2. The molecule has 0 unspecified atom stereocenters. The van der Waals surface area contributed by atoms with Crippen molar-refractivity contribution < 1.29 is 9.53 Å². The lowest BCUT2D eigenvalue weighted by molar-refractivity contribution is 0.102. The van der Waals surface area contributed by atoms with Crippen molar-refractivity contribution in [1.82, 2.24) is 15.1 Å². The van der Waals surface area contributed by atoms with Crippen LogP contribution in [0, 0.1) is 0 Å². The van der Waals surface area contributed by atoms with Crippen molar-refractivity contribution >= 4 is 11.6 Å². The highest BCUT2D eigenvalue weighted by Gasteiger charge is 2.07. The van der Waals surface area contributed by atoms with Crippen molar-refractivity contribution in [3.8, 4) is 5.75 Å². The summed E-state index contributed by atoms with van der Waals surface area (Å²) in [4.78, 5) is 13.9. The molecule has 0 bridgehead atoms. The van der Waals surface area contributed by atoms with Gasteiger partial charge in [-0.15, -0.1) is 0 Å². The second-order valence-electron chi connectivity index (χ2n) is 4.62. The maximum Gasteiger partial charge on any atom is 0.258 e. The van der Waals surface area contributed by atoms with Gasteiger partial charge in [-0.1, -0.05) is 6.07 Å². The molecule has 6 heteroatoms. The third-order valence-electron chi connectivity index (χ3n) is 2.66. The lowest BCUT2D eigenvalue weighted by atomic mass is 10.2.